The molecule has 5 nitrogen and oxygen atoms in total. The van der Waals surface area contributed by atoms with Crippen LogP contribution in [0.4, 0.5) is 5.95 Å². The Labute approximate surface area is 127 Å². The zero-order valence-electron chi connectivity index (χ0n) is 11.4. The molecule has 0 bridgehead atoms. The summed E-state index contributed by atoms with van der Waals surface area (Å²) in [6.45, 7) is 2.68. The normalized spacial score (nSPS) is 10.6. The highest BCUT2D eigenvalue weighted by molar-refractivity contribution is 6.31. The molecule has 0 unspecified atom stereocenters. The highest BCUT2D eigenvalue weighted by Gasteiger charge is 2.08. The van der Waals surface area contributed by atoms with Crippen LogP contribution in [0.15, 0.2) is 42.7 Å². The predicted molar refractivity (Wildman–Crippen MR) is 83.0 cm³/mol. The second kappa shape index (κ2) is 5.93. The van der Waals surface area contributed by atoms with Crippen LogP contribution in [0, 0.1) is 0 Å². The van der Waals surface area contributed by atoms with Crippen molar-refractivity contribution >= 4 is 28.5 Å². The molecule has 106 valence electrons. The molecule has 0 aliphatic heterocycles. The number of hydrogen-bond acceptors (Lipinski definition) is 5. The minimum Gasteiger partial charge on any atom is -0.436 e. The molecule has 21 heavy (non-hydrogen) atoms. The number of halogens is 1. The van der Waals surface area contributed by atoms with E-state index >= 15 is 0 Å². The molecule has 0 spiro atoms. The van der Waals surface area contributed by atoms with Gasteiger partial charge in [-0.05, 0) is 19.1 Å². The molecule has 3 aromatic rings. The first-order valence-corrected chi connectivity index (χ1v) is 6.93. The van der Waals surface area contributed by atoms with E-state index in [-0.39, 0.29) is 0 Å². The number of rotatable bonds is 4. The quantitative estimate of drug-likeness (QED) is 0.792. The largest absolute Gasteiger partial charge is 0.436 e. The van der Waals surface area contributed by atoms with Crippen LogP contribution in [-0.2, 0) is 0 Å². The van der Waals surface area contributed by atoms with Gasteiger partial charge >= 0.3 is 0 Å². The summed E-state index contributed by atoms with van der Waals surface area (Å²) in [6.07, 6.45) is 3.16. The molecular weight excluding hydrogens is 288 g/mol. The molecule has 1 N–H and O–H groups in total. The van der Waals surface area contributed by atoms with Crippen LogP contribution >= 0.6 is 11.6 Å². The van der Waals surface area contributed by atoms with Gasteiger partial charge in [-0.3, -0.25) is 4.98 Å². The molecule has 0 atom stereocenters. The van der Waals surface area contributed by atoms with Crippen molar-refractivity contribution in [3.63, 3.8) is 0 Å². The second-order valence-electron chi connectivity index (χ2n) is 4.34. The van der Waals surface area contributed by atoms with Crippen molar-refractivity contribution in [2.75, 3.05) is 11.9 Å². The van der Waals surface area contributed by atoms with Crippen molar-refractivity contribution < 1.29 is 4.74 Å². The Morgan fingerprint density at radius 3 is 2.90 bits per heavy atom. The van der Waals surface area contributed by atoms with E-state index in [2.05, 4.69) is 20.3 Å². The first kappa shape index (κ1) is 13.6. The topological polar surface area (TPSA) is 59.9 Å². The van der Waals surface area contributed by atoms with E-state index in [1.54, 1.807) is 6.20 Å². The number of ether oxygens (including phenoxy) is 1. The summed E-state index contributed by atoms with van der Waals surface area (Å²) in [5.74, 6) is 1.36. The fraction of sp³-hybridized carbons (Fsp3) is 0.133. The summed E-state index contributed by atoms with van der Waals surface area (Å²) in [5, 5.41) is 4.36. The Morgan fingerprint density at radius 1 is 1.19 bits per heavy atom. The van der Waals surface area contributed by atoms with Gasteiger partial charge in [-0.1, -0.05) is 29.8 Å². The van der Waals surface area contributed by atoms with Crippen molar-refractivity contribution in [2.24, 2.45) is 0 Å². The first-order chi connectivity index (χ1) is 10.3. The summed E-state index contributed by atoms with van der Waals surface area (Å²) in [6, 6.07) is 9.71. The van der Waals surface area contributed by atoms with Gasteiger partial charge in [0.15, 0.2) is 0 Å². The molecule has 1 aromatic carbocycles. The monoisotopic (exact) mass is 300 g/mol. The maximum atomic E-state index is 6.07. The van der Waals surface area contributed by atoms with Gasteiger partial charge in [0, 0.05) is 11.9 Å². The number of fused-ring (bicyclic) bond motifs is 1. The van der Waals surface area contributed by atoms with Crippen LogP contribution in [-0.4, -0.2) is 21.5 Å². The molecule has 0 aliphatic carbocycles. The summed E-state index contributed by atoms with van der Waals surface area (Å²) >= 11 is 6.07. The minimum absolute atomic E-state index is 0.305. The molecule has 0 fully saturated rings. The van der Waals surface area contributed by atoms with Crippen molar-refractivity contribution in [3.8, 4) is 11.6 Å². The second-order valence-corrected chi connectivity index (χ2v) is 4.75. The number of para-hydroxylation sites is 1. The third-order valence-electron chi connectivity index (χ3n) is 2.83. The molecule has 6 heteroatoms. The molecule has 2 aromatic heterocycles. The number of hydrogen-bond donors (Lipinski definition) is 1. The van der Waals surface area contributed by atoms with E-state index in [1.807, 2.05) is 37.3 Å². The van der Waals surface area contributed by atoms with Crippen LogP contribution in [0.25, 0.3) is 10.9 Å². The number of aromatic nitrogens is 3. The molecule has 2 heterocycles. The maximum absolute atomic E-state index is 6.07. The number of nitrogens with one attached hydrogen (secondary N) is 1. The molecule has 3 rings (SSSR count). The van der Waals surface area contributed by atoms with Gasteiger partial charge in [-0.15, -0.1) is 0 Å². The van der Waals surface area contributed by atoms with Gasteiger partial charge in [-0.2, -0.15) is 4.98 Å². The van der Waals surface area contributed by atoms with Crippen LogP contribution < -0.4 is 10.1 Å². The Kier molecular flexibility index (Phi) is 3.83. The molecule has 0 amide bonds. The molecule has 0 saturated heterocycles. The van der Waals surface area contributed by atoms with E-state index in [0.717, 1.165) is 17.4 Å². The Morgan fingerprint density at radius 2 is 2.05 bits per heavy atom. The summed E-state index contributed by atoms with van der Waals surface area (Å²) in [4.78, 5) is 12.6. The van der Waals surface area contributed by atoms with Crippen LogP contribution in [0.5, 0.6) is 11.6 Å². The lowest BCUT2D eigenvalue weighted by Crippen LogP contribution is -2.03. The van der Waals surface area contributed by atoms with E-state index in [4.69, 9.17) is 16.3 Å². The number of anilines is 1. The third kappa shape index (κ3) is 3.03. The molecule has 0 saturated carbocycles. The lowest BCUT2D eigenvalue weighted by molar-refractivity contribution is 0.461. The average Bonchev–Trinajstić information content (AvgIpc) is 2.51. The van der Waals surface area contributed by atoms with Crippen molar-refractivity contribution in [1.29, 1.82) is 0 Å². The Hall–Kier alpha value is -2.40. The van der Waals surface area contributed by atoms with Gasteiger partial charge in [0.05, 0.1) is 17.9 Å². The van der Waals surface area contributed by atoms with Crippen LogP contribution in [0.1, 0.15) is 6.92 Å². The standard InChI is InChI=1S/C15H13ClN4O/c1-2-17-15-19-9-12(16)14(20-15)21-11-7-10-5-3-4-6-13(10)18-8-11/h3-9H,2H2,1H3,(H,17,19,20). The highest BCUT2D eigenvalue weighted by Crippen LogP contribution is 2.28. The number of pyridine rings is 1. The van der Waals surface area contributed by atoms with Gasteiger partial charge < -0.3 is 10.1 Å². The number of benzene rings is 1. The molecule has 0 aliphatic rings. The fourth-order valence-electron chi connectivity index (χ4n) is 1.88. The first-order valence-electron chi connectivity index (χ1n) is 6.55. The van der Waals surface area contributed by atoms with Gasteiger partial charge in [-0.25, -0.2) is 4.98 Å². The SMILES string of the molecule is CCNc1ncc(Cl)c(Oc2cnc3ccccc3c2)n1. The fourth-order valence-corrected chi connectivity index (χ4v) is 2.01. The average molecular weight is 301 g/mol. The van der Waals surface area contributed by atoms with E-state index in [1.165, 1.54) is 6.20 Å². The van der Waals surface area contributed by atoms with E-state index in [9.17, 15) is 0 Å². The van der Waals surface area contributed by atoms with E-state index < -0.39 is 0 Å². The lowest BCUT2D eigenvalue weighted by Gasteiger charge is -2.08. The zero-order valence-corrected chi connectivity index (χ0v) is 12.1. The zero-order chi connectivity index (χ0) is 14.7. The summed E-state index contributed by atoms with van der Waals surface area (Å²) in [5.41, 5.74) is 0.909. The van der Waals surface area contributed by atoms with Crippen molar-refractivity contribution in [1.82, 2.24) is 15.0 Å². The van der Waals surface area contributed by atoms with Crippen molar-refractivity contribution in [3.05, 3.63) is 47.7 Å². The molecular formula is C15H13ClN4O. The van der Waals surface area contributed by atoms with Crippen LogP contribution in [0.2, 0.25) is 5.02 Å². The van der Waals surface area contributed by atoms with E-state index in [0.29, 0.717) is 22.6 Å². The third-order valence-corrected chi connectivity index (χ3v) is 3.09. The van der Waals surface area contributed by atoms with Gasteiger partial charge in [0.1, 0.15) is 10.8 Å². The predicted octanol–water partition coefficient (Wildman–Crippen LogP) is 3.90. The summed E-state index contributed by atoms with van der Waals surface area (Å²) < 4.78 is 5.72. The Balaban J connectivity index is 1.92. The Bertz CT molecular complexity index is 778. The van der Waals surface area contributed by atoms with Crippen molar-refractivity contribution in [2.45, 2.75) is 6.92 Å². The number of nitrogens with zero attached hydrogens (tertiary/aromatic N) is 3. The maximum Gasteiger partial charge on any atom is 0.243 e. The molecule has 0 radical (unpaired) electrons. The lowest BCUT2D eigenvalue weighted by atomic mass is 10.2. The highest BCUT2D eigenvalue weighted by atomic mass is 35.5. The minimum atomic E-state index is 0.305. The summed E-state index contributed by atoms with van der Waals surface area (Å²) in [7, 11) is 0. The van der Waals surface area contributed by atoms with Gasteiger partial charge in [0.25, 0.3) is 0 Å². The van der Waals surface area contributed by atoms with Crippen LogP contribution in [0.3, 0.4) is 0 Å². The smallest absolute Gasteiger partial charge is 0.243 e. The van der Waals surface area contributed by atoms with Gasteiger partial charge in [0.2, 0.25) is 11.8 Å².